The monoisotopic (exact) mass is 482 g/mol. The van der Waals surface area contributed by atoms with Crippen LogP contribution in [0.25, 0.3) is 0 Å². The number of hydrogen-bond acceptors (Lipinski definition) is 5. The molecule has 1 aromatic heterocycles. The number of nitrogens with one attached hydrogen (secondary N) is 1. The maximum Gasteiger partial charge on any atom is 0.330 e. The van der Waals surface area contributed by atoms with Crippen molar-refractivity contribution in [3.8, 4) is 0 Å². The van der Waals surface area contributed by atoms with Crippen molar-refractivity contribution < 1.29 is 14.2 Å². The molecule has 2 aliphatic rings. The van der Waals surface area contributed by atoms with E-state index in [9.17, 15) is 9.59 Å². The summed E-state index contributed by atoms with van der Waals surface area (Å²) in [7, 11) is 0. The fourth-order valence-electron chi connectivity index (χ4n) is 5.11. The Kier molecular flexibility index (Phi) is 5.68. The number of rotatable bonds is 7. The van der Waals surface area contributed by atoms with Crippen molar-refractivity contribution in [1.82, 2.24) is 9.55 Å². The Morgan fingerprint density at radius 3 is 1.86 bits per heavy atom. The van der Waals surface area contributed by atoms with E-state index in [1.165, 1.54) is 10.8 Å². The van der Waals surface area contributed by atoms with Gasteiger partial charge < -0.3 is 14.2 Å². The maximum absolute atomic E-state index is 12.5. The topological polar surface area (TPSA) is 85.8 Å². The number of epoxide rings is 1. The second kappa shape index (κ2) is 9.02. The molecule has 36 heavy (non-hydrogen) atoms. The van der Waals surface area contributed by atoms with Gasteiger partial charge in [0.15, 0.2) is 6.23 Å². The van der Waals surface area contributed by atoms with Crippen molar-refractivity contribution in [3.63, 3.8) is 0 Å². The average molecular weight is 483 g/mol. The van der Waals surface area contributed by atoms with Gasteiger partial charge in [-0.15, -0.1) is 0 Å². The SMILES string of the molecule is Cc1cn([C@@H]2O[C@H](COC(c3ccccc3)(c3ccccc3)c3ccccc3)C3OC32)c(=O)[nH]c1=O. The first-order chi connectivity index (χ1) is 17.6. The first-order valence-corrected chi connectivity index (χ1v) is 12.0. The molecule has 2 saturated heterocycles. The molecule has 0 saturated carbocycles. The highest BCUT2D eigenvalue weighted by atomic mass is 16.7. The van der Waals surface area contributed by atoms with Gasteiger partial charge in [-0.05, 0) is 23.6 Å². The Morgan fingerprint density at radius 2 is 1.33 bits per heavy atom. The largest absolute Gasteiger partial charge is 0.362 e. The zero-order chi connectivity index (χ0) is 24.7. The van der Waals surface area contributed by atoms with E-state index in [4.69, 9.17) is 14.2 Å². The molecule has 3 heterocycles. The summed E-state index contributed by atoms with van der Waals surface area (Å²) in [5.41, 5.74) is 1.64. The molecule has 2 unspecified atom stereocenters. The predicted octanol–water partition coefficient (Wildman–Crippen LogP) is 3.52. The molecule has 4 atom stereocenters. The van der Waals surface area contributed by atoms with Gasteiger partial charge in [0.1, 0.15) is 23.9 Å². The van der Waals surface area contributed by atoms with E-state index in [1.54, 1.807) is 6.92 Å². The van der Waals surface area contributed by atoms with Crippen molar-refractivity contribution in [3.05, 3.63) is 140 Å². The maximum atomic E-state index is 12.5. The summed E-state index contributed by atoms with van der Waals surface area (Å²) in [6, 6.07) is 30.4. The van der Waals surface area contributed by atoms with Gasteiger partial charge in [0, 0.05) is 11.8 Å². The molecule has 4 aromatic rings. The lowest BCUT2D eigenvalue weighted by Gasteiger charge is -2.37. The highest BCUT2D eigenvalue weighted by Gasteiger charge is 2.59. The third kappa shape index (κ3) is 3.82. The van der Waals surface area contributed by atoms with E-state index in [0.29, 0.717) is 5.56 Å². The number of benzene rings is 3. The number of hydrogen-bond donors (Lipinski definition) is 1. The molecule has 3 aromatic carbocycles. The number of nitrogens with zero attached hydrogens (tertiary/aromatic N) is 1. The van der Waals surface area contributed by atoms with Gasteiger partial charge in [0.05, 0.1) is 6.61 Å². The van der Waals surface area contributed by atoms with Crippen LogP contribution in [-0.4, -0.2) is 34.5 Å². The van der Waals surface area contributed by atoms with E-state index >= 15 is 0 Å². The lowest BCUT2D eigenvalue weighted by atomic mass is 9.80. The second-order valence-electron chi connectivity index (χ2n) is 9.20. The van der Waals surface area contributed by atoms with Gasteiger partial charge in [-0.1, -0.05) is 91.0 Å². The summed E-state index contributed by atoms with van der Waals surface area (Å²) < 4.78 is 20.4. The summed E-state index contributed by atoms with van der Waals surface area (Å²) in [6.07, 6.45) is 0.0759. The van der Waals surface area contributed by atoms with Crippen LogP contribution in [0.5, 0.6) is 0 Å². The normalized spacial score (nSPS) is 22.8. The molecule has 0 spiro atoms. The molecule has 1 N–H and O–H groups in total. The van der Waals surface area contributed by atoms with Gasteiger partial charge in [0.25, 0.3) is 5.56 Å². The van der Waals surface area contributed by atoms with Crippen LogP contribution in [-0.2, 0) is 19.8 Å². The van der Waals surface area contributed by atoms with Crippen LogP contribution in [0.1, 0.15) is 28.5 Å². The Labute approximate surface area is 207 Å². The van der Waals surface area contributed by atoms with Crippen LogP contribution in [0.3, 0.4) is 0 Å². The van der Waals surface area contributed by atoms with E-state index in [2.05, 4.69) is 41.4 Å². The molecule has 0 amide bonds. The summed E-state index contributed by atoms with van der Waals surface area (Å²) >= 11 is 0. The number of ether oxygens (including phenoxy) is 3. The van der Waals surface area contributed by atoms with Crippen LogP contribution in [0, 0.1) is 6.92 Å². The van der Waals surface area contributed by atoms with E-state index < -0.39 is 23.1 Å². The van der Waals surface area contributed by atoms with Gasteiger partial charge in [-0.25, -0.2) is 4.79 Å². The number of fused-ring (bicyclic) bond motifs is 1. The molecule has 0 aliphatic carbocycles. The van der Waals surface area contributed by atoms with E-state index in [0.717, 1.165) is 16.7 Å². The first-order valence-electron chi connectivity index (χ1n) is 12.0. The Bertz CT molecular complexity index is 1370. The molecular formula is C29H26N2O5. The fourth-order valence-corrected chi connectivity index (χ4v) is 5.11. The number of aromatic nitrogens is 2. The van der Waals surface area contributed by atoms with Crippen molar-refractivity contribution in [2.75, 3.05) is 6.61 Å². The van der Waals surface area contributed by atoms with Gasteiger partial charge in [-0.3, -0.25) is 14.3 Å². The zero-order valence-electron chi connectivity index (χ0n) is 19.7. The Morgan fingerprint density at radius 1 is 0.806 bits per heavy atom. The first kappa shape index (κ1) is 22.7. The number of aryl methyl sites for hydroxylation is 1. The molecule has 0 bridgehead atoms. The fraction of sp³-hybridized carbons (Fsp3) is 0.241. The lowest BCUT2D eigenvalue weighted by Crippen LogP contribution is -2.38. The van der Waals surface area contributed by atoms with Gasteiger partial charge in [0.2, 0.25) is 0 Å². The summed E-state index contributed by atoms with van der Waals surface area (Å²) in [6.45, 7) is 1.90. The lowest BCUT2D eigenvalue weighted by molar-refractivity contribution is -0.117. The molecule has 182 valence electrons. The molecular weight excluding hydrogens is 456 g/mol. The minimum Gasteiger partial charge on any atom is -0.362 e. The van der Waals surface area contributed by atoms with Crippen LogP contribution in [0.4, 0.5) is 0 Å². The van der Waals surface area contributed by atoms with Crippen LogP contribution in [0.15, 0.2) is 107 Å². The Hall–Kier alpha value is -3.78. The van der Waals surface area contributed by atoms with Crippen molar-refractivity contribution in [2.45, 2.75) is 37.1 Å². The highest BCUT2D eigenvalue weighted by molar-refractivity contribution is 5.47. The molecule has 2 aliphatic heterocycles. The van der Waals surface area contributed by atoms with E-state index in [-0.39, 0.29) is 24.9 Å². The summed E-state index contributed by atoms with van der Waals surface area (Å²) in [5, 5.41) is 0. The Balaban J connectivity index is 1.35. The molecule has 2 fully saturated rings. The van der Waals surface area contributed by atoms with Gasteiger partial charge >= 0.3 is 5.69 Å². The minimum atomic E-state index is -0.874. The van der Waals surface area contributed by atoms with Crippen LogP contribution in [0.2, 0.25) is 0 Å². The molecule has 7 nitrogen and oxygen atoms in total. The van der Waals surface area contributed by atoms with Crippen LogP contribution >= 0.6 is 0 Å². The predicted molar refractivity (Wildman–Crippen MR) is 134 cm³/mol. The highest BCUT2D eigenvalue weighted by Crippen LogP contribution is 2.46. The number of aromatic amines is 1. The third-order valence-corrected chi connectivity index (χ3v) is 6.95. The quantitative estimate of drug-likeness (QED) is 0.322. The van der Waals surface area contributed by atoms with Crippen LogP contribution < -0.4 is 11.2 Å². The van der Waals surface area contributed by atoms with Crippen molar-refractivity contribution >= 4 is 0 Å². The van der Waals surface area contributed by atoms with Crippen molar-refractivity contribution in [1.29, 1.82) is 0 Å². The van der Waals surface area contributed by atoms with Gasteiger partial charge in [-0.2, -0.15) is 0 Å². The second-order valence-corrected chi connectivity index (χ2v) is 9.20. The summed E-state index contributed by atoms with van der Waals surface area (Å²) in [4.78, 5) is 26.6. The van der Waals surface area contributed by atoms with E-state index in [1.807, 2.05) is 54.6 Å². The average Bonchev–Trinajstić information content (AvgIpc) is 3.64. The van der Waals surface area contributed by atoms with Crippen molar-refractivity contribution in [2.24, 2.45) is 0 Å². The smallest absolute Gasteiger partial charge is 0.330 e. The standard InChI is InChI=1S/C29H26N2O5/c1-19-17-31(28(33)30-26(19)32)27-25-24(36-25)23(35-27)18-34-29(20-11-5-2-6-12-20,21-13-7-3-8-14-21)22-15-9-4-10-16-22/h2-17,23-25,27H,18H2,1H3,(H,30,32,33)/t23-,24?,25?,27-/m1/s1. The molecule has 6 rings (SSSR count). The number of H-pyrrole nitrogens is 1. The minimum absolute atomic E-state index is 0.186. The molecule has 0 radical (unpaired) electrons. The summed E-state index contributed by atoms with van der Waals surface area (Å²) in [5.74, 6) is 0. The third-order valence-electron chi connectivity index (χ3n) is 6.95. The zero-order valence-corrected chi connectivity index (χ0v) is 19.7. The molecule has 7 heteroatoms.